The third-order valence-corrected chi connectivity index (χ3v) is 8.88. The zero-order chi connectivity index (χ0) is 34.8. The molecule has 10 nitrogen and oxygen atoms in total. The van der Waals surface area contributed by atoms with Crippen LogP contribution < -0.4 is 16.4 Å². The minimum atomic E-state index is -0.713. The van der Waals surface area contributed by atoms with E-state index in [0.29, 0.717) is 36.4 Å². The number of ether oxygens (including phenoxy) is 2. The first-order valence-electron chi connectivity index (χ1n) is 16.7. The summed E-state index contributed by atoms with van der Waals surface area (Å²) in [5, 5.41) is 26.3. The summed E-state index contributed by atoms with van der Waals surface area (Å²) in [5.41, 5.74) is 10.9. The van der Waals surface area contributed by atoms with Crippen LogP contribution in [0.1, 0.15) is 73.4 Å². The molecule has 0 bridgehead atoms. The summed E-state index contributed by atoms with van der Waals surface area (Å²) in [5.74, 6) is -0.411. The number of nitrogen functional groups attached to an aromatic ring is 1. The predicted molar refractivity (Wildman–Crippen MR) is 190 cm³/mol. The zero-order valence-corrected chi connectivity index (χ0v) is 28.0. The van der Waals surface area contributed by atoms with Gasteiger partial charge in [0.25, 0.3) is 0 Å². The highest BCUT2D eigenvalue weighted by Gasteiger charge is 2.34. The van der Waals surface area contributed by atoms with Gasteiger partial charge in [0.1, 0.15) is 0 Å². The lowest BCUT2D eigenvalue weighted by molar-refractivity contribution is -0.253. The van der Waals surface area contributed by atoms with Gasteiger partial charge in [-0.15, -0.1) is 0 Å². The average molecular weight is 667 g/mol. The number of anilines is 3. The summed E-state index contributed by atoms with van der Waals surface area (Å²) in [6, 6.07) is 31.6. The van der Waals surface area contributed by atoms with Crippen LogP contribution in [0.4, 0.5) is 17.1 Å². The standard InChI is InChI=1S/C39H46N4O6/c1-26(38(47)29-10-4-3-5-11-29)43(2)24-32-23-35(28-20-18-27(25-44)19-21-28)49-39(48-32)30-12-8-13-31(22-30)41-36(45)16-9-17-37(46)42-34-15-7-6-14-33(34)40/h3-8,10-15,18-22,26,32,35,38-39,44,47H,9,16-17,23-25,40H2,1-2H3,(H,41,45)(H,42,46)/t26-,32-,35+,38-,39+/m0/s1. The molecule has 1 heterocycles. The van der Waals surface area contributed by atoms with E-state index in [4.69, 9.17) is 15.2 Å². The molecule has 4 aromatic carbocycles. The van der Waals surface area contributed by atoms with Crippen molar-refractivity contribution in [3.05, 3.63) is 125 Å². The Bertz CT molecular complexity index is 1670. The number of benzene rings is 4. The maximum Gasteiger partial charge on any atom is 0.224 e. The van der Waals surface area contributed by atoms with E-state index >= 15 is 0 Å². The fraction of sp³-hybridized carbons (Fsp3) is 0.333. The van der Waals surface area contributed by atoms with Crippen LogP contribution in [0.5, 0.6) is 0 Å². The van der Waals surface area contributed by atoms with Crippen molar-refractivity contribution in [1.29, 1.82) is 0 Å². The SMILES string of the molecule is C[C@@H]([C@H](O)c1ccccc1)N(C)C[C@@H]1C[C@H](c2ccc(CO)cc2)O[C@H](c2cccc(NC(=O)CCCC(=O)Nc3ccccc3N)c2)O1. The molecule has 0 aromatic heterocycles. The molecule has 6 N–H and O–H groups in total. The number of aliphatic hydroxyl groups is 2. The molecule has 0 saturated carbocycles. The Morgan fingerprint density at radius 1 is 0.878 bits per heavy atom. The molecule has 2 amide bonds. The van der Waals surface area contributed by atoms with E-state index in [9.17, 15) is 19.8 Å². The summed E-state index contributed by atoms with van der Waals surface area (Å²) in [4.78, 5) is 27.3. The van der Waals surface area contributed by atoms with Crippen molar-refractivity contribution in [3.8, 4) is 0 Å². The van der Waals surface area contributed by atoms with Crippen LogP contribution in [0, 0.1) is 0 Å². The zero-order valence-electron chi connectivity index (χ0n) is 28.0. The summed E-state index contributed by atoms with van der Waals surface area (Å²) < 4.78 is 13.0. The topological polar surface area (TPSA) is 146 Å². The molecule has 10 heteroatoms. The van der Waals surface area contributed by atoms with Gasteiger partial charge in [0, 0.05) is 43.1 Å². The summed E-state index contributed by atoms with van der Waals surface area (Å²) in [6.07, 6.45) is -0.566. The average Bonchev–Trinajstić information content (AvgIpc) is 3.12. The van der Waals surface area contributed by atoms with Gasteiger partial charge < -0.3 is 36.1 Å². The van der Waals surface area contributed by atoms with Crippen LogP contribution >= 0.6 is 0 Å². The van der Waals surface area contributed by atoms with Gasteiger partial charge in [0.2, 0.25) is 11.8 Å². The predicted octanol–water partition coefficient (Wildman–Crippen LogP) is 6.11. The highest BCUT2D eigenvalue weighted by atomic mass is 16.7. The number of nitrogens with two attached hydrogens (primary N) is 1. The molecular weight excluding hydrogens is 620 g/mol. The smallest absolute Gasteiger partial charge is 0.224 e. The molecule has 1 fully saturated rings. The lowest BCUT2D eigenvalue weighted by Crippen LogP contribution is -2.43. The number of nitrogens with zero attached hydrogens (tertiary/aromatic N) is 1. The van der Waals surface area contributed by atoms with E-state index in [1.807, 2.05) is 86.8 Å². The van der Waals surface area contributed by atoms with Crippen molar-refractivity contribution in [1.82, 2.24) is 4.90 Å². The second kappa shape index (κ2) is 17.2. The number of rotatable bonds is 14. The van der Waals surface area contributed by atoms with E-state index in [1.165, 1.54) is 0 Å². The number of amides is 2. The van der Waals surface area contributed by atoms with Crippen molar-refractivity contribution in [2.75, 3.05) is 30.0 Å². The molecule has 258 valence electrons. The normalized spacial score (nSPS) is 18.8. The maximum atomic E-state index is 12.8. The highest BCUT2D eigenvalue weighted by molar-refractivity contribution is 5.94. The number of hydrogen-bond donors (Lipinski definition) is 5. The summed E-state index contributed by atoms with van der Waals surface area (Å²) in [7, 11) is 1.98. The van der Waals surface area contributed by atoms with Crippen LogP contribution in [0.3, 0.4) is 0 Å². The van der Waals surface area contributed by atoms with Crippen LogP contribution in [0.2, 0.25) is 0 Å². The molecule has 1 saturated heterocycles. The van der Waals surface area contributed by atoms with Crippen molar-refractivity contribution in [3.63, 3.8) is 0 Å². The number of hydrogen-bond acceptors (Lipinski definition) is 8. The Hall–Kier alpha value is -4.58. The third-order valence-electron chi connectivity index (χ3n) is 8.88. The van der Waals surface area contributed by atoms with Gasteiger partial charge in [-0.1, -0.05) is 78.9 Å². The van der Waals surface area contributed by atoms with Gasteiger partial charge in [-0.2, -0.15) is 0 Å². The molecule has 0 radical (unpaired) electrons. The fourth-order valence-corrected chi connectivity index (χ4v) is 5.91. The first-order chi connectivity index (χ1) is 23.7. The Kier molecular flexibility index (Phi) is 12.5. The first kappa shape index (κ1) is 35.7. The molecule has 0 spiro atoms. The van der Waals surface area contributed by atoms with E-state index in [1.54, 1.807) is 30.3 Å². The Morgan fingerprint density at radius 2 is 1.57 bits per heavy atom. The van der Waals surface area contributed by atoms with Crippen molar-refractivity contribution >= 4 is 28.9 Å². The number of para-hydroxylation sites is 2. The van der Waals surface area contributed by atoms with Crippen LogP contribution in [-0.2, 0) is 25.7 Å². The van der Waals surface area contributed by atoms with Gasteiger partial charge in [0.05, 0.1) is 36.3 Å². The van der Waals surface area contributed by atoms with E-state index in [2.05, 4.69) is 15.5 Å². The molecule has 0 unspecified atom stereocenters. The largest absolute Gasteiger partial charge is 0.397 e. The quantitative estimate of drug-likeness (QED) is 0.101. The van der Waals surface area contributed by atoms with Crippen LogP contribution in [0.25, 0.3) is 0 Å². The summed E-state index contributed by atoms with van der Waals surface area (Å²) >= 11 is 0. The van der Waals surface area contributed by atoms with Crippen LogP contribution in [0.15, 0.2) is 103 Å². The first-order valence-corrected chi connectivity index (χ1v) is 16.7. The molecule has 1 aliphatic heterocycles. The van der Waals surface area contributed by atoms with Crippen molar-refractivity contribution < 1.29 is 29.3 Å². The Labute approximate surface area is 287 Å². The fourth-order valence-electron chi connectivity index (χ4n) is 5.91. The van der Waals surface area contributed by atoms with E-state index < -0.39 is 12.4 Å². The molecule has 0 aliphatic carbocycles. The van der Waals surface area contributed by atoms with Gasteiger partial charge in [-0.25, -0.2) is 0 Å². The van der Waals surface area contributed by atoms with Crippen molar-refractivity contribution in [2.45, 2.75) is 69.9 Å². The molecular formula is C39H46N4O6. The van der Waals surface area contributed by atoms with Crippen molar-refractivity contribution in [2.24, 2.45) is 0 Å². The number of carbonyl (C=O) groups excluding carboxylic acids is 2. The third kappa shape index (κ3) is 9.97. The lowest BCUT2D eigenvalue weighted by Gasteiger charge is -2.39. The second-order valence-corrected chi connectivity index (χ2v) is 12.5. The van der Waals surface area contributed by atoms with E-state index in [0.717, 1.165) is 22.3 Å². The Balaban J connectivity index is 1.23. The number of aliphatic hydroxyl groups excluding tert-OH is 2. The number of carbonyl (C=O) groups is 2. The maximum absolute atomic E-state index is 12.8. The van der Waals surface area contributed by atoms with Gasteiger partial charge >= 0.3 is 0 Å². The minimum Gasteiger partial charge on any atom is -0.397 e. The van der Waals surface area contributed by atoms with Gasteiger partial charge in [-0.3, -0.25) is 14.5 Å². The molecule has 5 rings (SSSR count). The molecule has 1 aliphatic rings. The molecule has 4 aromatic rings. The monoisotopic (exact) mass is 666 g/mol. The Morgan fingerprint density at radius 3 is 2.29 bits per heavy atom. The number of likely N-dealkylation sites (N-methyl/N-ethyl adjacent to an activating group) is 1. The molecule has 5 atom stereocenters. The number of nitrogens with one attached hydrogen (secondary N) is 2. The minimum absolute atomic E-state index is 0.0406. The van der Waals surface area contributed by atoms with E-state index in [-0.39, 0.29) is 49.5 Å². The lowest BCUT2D eigenvalue weighted by atomic mass is 9.98. The highest BCUT2D eigenvalue weighted by Crippen LogP contribution is 2.39. The van der Waals surface area contributed by atoms with Crippen LogP contribution in [-0.4, -0.2) is 52.7 Å². The summed E-state index contributed by atoms with van der Waals surface area (Å²) in [6.45, 7) is 2.51. The van der Waals surface area contributed by atoms with Gasteiger partial charge in [-0.05, 0) is 61.3 Å². The second-order valence-electron chi connectivity index (χ2n) is 12.5. The van der Waals surface area contributed by atoms with Gasteiger partial charge in [0.15, 0.2) is 6.29 Å². The molecule has 49 heavy (non-hydrogen) atoms.